The average molecular weight is 284 g/mol. The molecule has 0 amide bonds. The molecular weight excluding hydrogens is 276 g/mol. The quantitative estimate of drug-likeness (QED) is 0.906. The van der Waals surface area contributed by atoms with Crippen LogP contribution in [0, 0.1) is 0 Å². The van der Waals surface area contributed by atoms with Gasteiger partial charge in [-0.1, -0.05) is 6.07 Å². The molecule has 0 fully saturated rings. The summed E-state index contributed by atoms with van der Waals surface area (Å²) >= 11 is 1.08. The van der Waals surface area contributed by atoms with E-state index in [0.717, 1.165) is 23.9 Å². The fourth-order valence-electron chi connectivity index (χ4n) is 1.34. The zero-order chi connectivity index (χ0) is 13.2. The predicted octanol–water partition coefficient (Wildman–Crippen LogP) is 1.21. The molecule has 94 valence electrons. The third-order valence-electron chi connectivity index (χ3n) is 2.15. The molecule has 6 nitrogen and oxygen atoms in total. The van der Waals surface area contributed by atoms with E-state index in [4.69, 9.17) is 5.11 Å². The first-order valence-electron chi connectivity index (χ1n) is 4.79. The zero-order valence-corrected chi connectivity index (χ0v) is 10.6. The summed E-state index contributed by atoms with van der Waals surface area (Å²) in [7, 11) is -3.56. The molecule has 2 aromatic rings. The Balaban J connectivity index is 2.39. The standard InChI is InChI=1S/C10H8N2O4S2/c13-10(14)7-4-11-6-12-8(7)5-18(15,16)9-2-1-3-17-9/h1-4,6H,5H2,(H,13,14). The topological polar surface area (TPSA) is 97.2 Å². The van der Waals surface area contributed by atoms with E-state index in [1.54, 1.807) is 11.4 Å². The normalized spacial score (nSPS) is 11.3. The maximum Gasteiger partial charge on any atom is 0.339 e. The maximum absolute atomic E-state index is 12.0. The van der Waals surface area contributed by atoms with E-state index in [2.05, 4.69) is 9.97 Å². The van der Waals surface area contributed by atoms with Gasteiger partial charge < -0.3 is 5.11 Å². The fourth-order valence-corrected chi connectivity index (χ4v) is 3.74. The smallest absolute Gasteiger partial charge is 0.339 e. The van der Waals surface area contributed by atoms with Crippen LogP contribution in [-0.2, 0) is 15.6 Å². The highest BCUT2D eigenvalue weighted by Gasteiger charge is 2.21. The third-order valence-corrected chi connectivity index (χ3v) is 5.27. The number of carboxylic acid groups (broad SMARTS) is 1. The SMILES string of the molecule is O=C(O)c1cncnc1CS(=O)(=O)c1cccs1. The number of aromatic nitrogens is 2. The van der Waals surface area contributed by atoms with Crippen molar-refractivity contribution in [2.75, 3.05) is 0 Å². The Morgan fingerprint density at radius 1 is 1.44 bits per heavy atom. The van der Waals surface area contributed by atoms with E-state index in [1.165, 1.54) is 6.07 Å². The molecule has 0 atom stereocenters. The van der Waals surface area contributed by atoms with Crippen molar-refractivity contribution in [1.82, 2.24) is 9.97 Å². The van der Waals surface area contributed by atoms with Crippen LogP contribution in [0.4, 0.5) is 0 Å². The Kier molecular flexibility index (Phi) is 3.39. The number of hydrogen-bond acceptors (Lipinski definition) is 6. The first kappa shape index (κ1) is 12.7. The van der Waals surface area contributed by atoms with Crippen LogP contribution in [0.5, 0.6) is 0 Å². The van der Waals surface area contributed by atoms with E-state index >= 15 is 0 Å². The summed E-state index contributed by atoms with van der Waals surface area (Å²) < 4.78 is 24.2. The zero-order valence-electron chi connectivity index (χ0n) is 8.98. The van der Waals surface area contributed by atoms with Gasteiger partial charge in [-0.2, -0.15) is 0 Å². The van der Waals surface area contributed by atoms with E-state index in [1.807, 2.05) is 0 Å². The van der Waals surface area contributed by atoms with Crippen LogP contribution in [0.2, 0.25) is 0 Å². The van der Waals surface area contributed by atoms with Gasteiger partial charge in [0.2, 0.25) is 0 Å². The number of sulfone groups is 1. The molecule has 2 rings (SSSR count). The number of thiophene rings is 1. The van der Waals surface area contributed by atoms with Crippen LogP contribution < -0.4 is 0 Å². The second-order valence-corrected chi connectivity index (χ2v) is 6.54. The summed E-state index contributed by atoms with van der Waals surface area (Å²) in [5.74, 6) is -1.69. The number of carbonyl (C=O) groups is 1. The van der Waals surface area contributed by atoms with Crippen molar-refractivity contribution in [2.45, 2.75) is 9.96 Å². The highest BCUT2D eigenvalue weighted by Crippen LogP contribution is 2.21. The van der Waals surface area contributed by atoms with E-state index in [-0.39, 0.29) is 15.5 Å². The Bertz CT molecular complexity index is 665. The Morgan fingerprint density at radius 3 is 2.83 bits per heavy atom. The van der Waals surface area contributed by atoms with Gasteiger partial charge in [0.1, 0.15) is 16.1 Å². The summed E-state index contributed by atoms with van der Waals surface area (Å²) in [5.41, 5.74) is -0.205. The molecule has 0 spiro atoms. The Morgan fingerprint density at radius 2 is 2.22 bits per heavy atom. The van der Waals surface area contributed by atoms with Crippen molar-refractivity contribution >= 4 is 27.1 Å². The van der Waals surface area contributed by atoms with Crippen LogP contribution in [0.15, 0.2) is 34.2 Å². The van der Waals surface area contributed by atoms with Gasteiger partial charge in [0.25, 0.3) is 0 Å². The molecule has 0 aliphatic rings. The molecule has 1 N–H and O–H groups in total. The van der Waals surface area contributed by atoms with Crippen LogP contribution in [-0.4, -0.2) is 29.5 Å². The maximum atomic E-state index is 12.0. The molecule has 0 aromatic carbocycles. The van der Waals surface area contributed by atoms with Gasteiger partial charge in [0.05, 0.1) is 11.4 Å². The average Bonchev–Trinajstić information content (AvgIpc) is 2.83. The van der Waals surface area contributed by atoms with Gasteiger partial charge in [-0.15, -0.1) is 11.3 Å². The lowest BCUT2D eigenvalue weighted by Crippen LogP contribution is -2.11. The molecule has 8 heteroatoms. The molecular formula is C10H8N2O4S2. The summed E-state index contributed by atoms with van der Waals surface area (Å²) in [5, 5.41) is 10.6. The Hall–Kier alpha value is -1.80. The highest BCUT2D eigenvalue weighted by molar-refractivity contribution is 7.92. The third kappa shape index (κ3) is 2.54. The predicted molar refractivity (Wildman–Crippen MR) is 64.2 cm³/mol. The van der Waals surface area contributed by atoms with E-state index < -0.39 is 21.6 Å². The molecule has 0 aliphatic heterocycles. The highest BCUT2D eigenvalue weighted by atomic mass is 32.2. The number of rotatable bonds is 4. The van der Waals surface area contributed by atoms with Gasteiger partial charge in [0.15, 0.2) is 9.84 Å². The molecule has 0 radical (unpaired) electrons. The minimum atomic E-state index is -3.56. The van der Waals surface area contributed by atoms with Crippen molar-refractivity contribution in [3.05, 3.63) is 41.3 Å². The minimum Gasteiger partial charge on any atom is -0.478 e. The van der Waals surface area contributed by atoms with Crippen molar-refractivity contribution in [3.63, 3.8) is 0 Å². The summed E-state index contributed by atoms with van der Waals surface area (Å²) in [6.07, 6.45) is 2.22. The minimum absolute atomic E-state index is 0.00843. The second kappa shape index (κ2) is 4.83. The van der Waals surface area contributed by atoms with Crippen molar-refractivity contribution in [2.24, 2.45) is 0 Å². The van der Waals surface area contributed by atoms with Crippen molar-refractivity contribution in [3.8, 4) is 0 Å². The molecule has 2 heterocycles. The number of aromatic carboxylic acids is 1. The van der Waals surface area contributed by atoms with Gasteiger partial charge in [0, 0.05) is 6.20 Å². The molecule has 18 heavy (non-hydrogen) atoms. The summed E-state index contributed by atoms with van der Waals surface area (Å²) in [4.78, 5) is 18.2. The van der Waals surface area contributed by atoms with Crippen molar-refractivity contribution < 1.29 is 18.3 Å². The first-order chi connectivity index (χ1) is 8.50. The molecule has 0 saturated carbocycles. The van der Waals surface area contributed by atoms with Crippen molar-refractivity contribution in [1.29, 1.82) is 0 Å². The lowest BCUT2D eigenvalue weighted by atomic mass is 10.2. The number of hydrogen-bond donors (Lipinski definition) is 1. The van der Waals surface area contributed by atoms with E-state index in [9.17, 15) is 13.2 Å². The number of nitrogens with zero attached hydrogens (tertiary/aromatic N) is 2. The monoisotopic (exact) mass is 284 g/mol. The Labute approximate surface area is 107 Å². The van der Waals surface area contributed by atoms with Gasteiger partial charge in [-0.3, -0.25) is 0 Å². The van der Waals surface area contributed by atoms with Crippen LogP contribution >= 0.6 is 11.3 Å². The van der Waals surface area contributed by atoms with Gasteiger partial charge >= 0.3 is 5.97 Å². The molecule has 0 aliphatic carbocycles. The summed E-state index contributed by atoms with van der Waals surface area (Å²) in [6, 6.07) is 3.09. The molecule has 2 aromatic heterocycles. The van der Waals surface area contributed by atoms with Crippen LogP contribution in [0.3, 0.4) is 0 Å². The molecule has 0 unspecified atom stereocenters. The summed E-state index contributed by atoms with van der Waals surface area (Å²) in [6.45, 7) is 0. The first-order valence-corrected chi connectivity index (χ1v) is 7.32. The van der Waals surface area contributed by atoms with Crippen LogP contribution in [0.1, 0.15) is 16.1 Å². The molecule has 0 bridgehead atoms. The van der Waals surface area contributed by atoms with Gasteiger partial charge in [-0.05, 0) is 11.4 Å². The largest absolute Gasteiger partial charge is 0.478 e. The lowest BCUT2D eigenvalue weighted by Gasteiger charge is -2.04. The molecule has 0 saturated heterocycles. The second-order valence-electron chi connectivity index (χ2n) is 3.38. The van der Waals surface area contributed by atoms with Crippen LogP contribution in [0.25, 0.3) is 0 Å². The van der Waals surface area contributed by atoms with Gasteiger partial charge in [-0.25, -0.2) is 23.2 Å². The lowest BCUT2D eigenvalue weighted by molar-refractivity contribution is 0.0695. The number of carboxylic acids is 1. The van der Waals surface area contributed by atoms with E-state index in [0.29, 0.717) is 0 Å². The fraction of sp³-hybridized carbons (Fsp3) is 0.100.